The monoisotopic (exact) mass is 224 g/mol. The number of hydrogen-bond acceptors (Lipinski definition) is 2. The Morgan fingerprint density at radius 2 is 2.25 bits per heavy atom. The van der Waals surface area contributed by atoms with Gasteiger partial charge in [-0.1, -0.05) is 19.4 Å². The molecule has 0 aliphatic carbocycles. The first kappa shape index (κ1) is 12.5. The highest BCUT2D eigenvalue weighted by atomic mass is 19.1. The first-order chi connectivity index (χ1) is 7.56. The van der Waals surface area contributed by atoms with Gasteiger partial charge in [0.1, 0.15) is 5.82 Å². The van der Waals surface area contributed by atoms with Crippen molar-refractivity contribution in [1.29, 1.82) is 0 Å². The summed E-state index contributed by atoms with van der Waals surface area (Å²) in [7, 11) is 0. The lowest BCUT2D eigenvalue weighted by Gasteiger charge is -2.13. The molecule has 0 heterocycles. The van der Waals surface area contributed by atoms with Crippen LogP contribution >= 0.6 is 0 Å². The summed E-state index contributed by atoms with van der Waals surface area (Å²) in [5.74, 6) is -0.881. The average molecular weight is 224 g/mol. The van der Waals surface area contributed by atoms with E-state index in [-0.39, 0.29) is 23.2 Å². The number of anilines is 1. The van der Waals surface area contributed by atoms with E-state index in [2.05, 4.69) is 5.32 Å². The van der Waals surface area contributed by atoms with Crippen molar-refractivity contribution in [2.75, 3.05) is 5.73 Å². The Morgan fingerprint density at radius 1 is 1.56 bits per heavy atom. The number of halogens is 1. The van der Waals surface area contributed by atoms with Gasteiger partial charge in [-0.15, -0.1) is 0 Å². The molecule has 88 valence electrons. The molecule has 0 spiro atoms. The van der Waals surface area contributed by atoms with Gasteiger partial charge in [-0.2, -0.15) is 0 Å². The smallest absolute Gasteiger partial charge is 0.253 e. The minimum absolute atomic E-state index is 0.0696. The van der Waals surface area contributed by atoms with E-state index < -0.39 is 5.82 Å². The fourth-order valence-electron chi connectivity index (χ4n) is 1.54. The molecule has 1 amide bonds. The molecule has 0 aliphatic heterocycles. The molecule has 3 N–H and O–H groups in total. The van der Waals surface area contributed by atoms with E-state index in [9.17, 15) is 9.18 Å². The number of hydrogen-bond donors (Lipinski definition) is 2. The molecule has 3 nitrogen and oxygen atoms in total. The second kappa shape index (κ2) is 5.49. The Morgan fingerprint density at radius 3 is 2.88 bits per heavy atom. The van der Waals surface area contributed by atoms with Crippen molar-refractivity contribution in [3.8, 4) is 0 Å². The van der Waals surface area contributed by atoms with Crippen LogP contribution < -0.4 is 11.1 Å². The molecule has 1 aromatic rings. The van der Waals surface area contributed by atoms with E-state index in [0.29, 0.717) is 0 Å². The van der Waals surface area contributed by atoms with Gasteiger partial charge in [-0.3, -0.25) is 4.79 Å². The van der Waals surface area contributed by atoms with Crippen LogP contribution in [0.15, 0.2) is 18.2 Å². The van der Waals surface area contributed by atoms with E-state index in [0.717, 1.165) is 12.8 Å². The number of amides is 1. The highest BCUT2D eigenvalue weighted by molar-refractivity contribution is 5.99. The van der Waals surface area contributed by atoms with E-state index in [1.807, 2.05) is 13.8 Å². The number of carbonyl (C=O) groups is 1. The second-order valence-electron chi connectivity index (χ2n) is 3.86. The van der Waals surface area contributed by atoms with Gasteiger partial charge in [0.25, 0.3) is 5.91 Å². The molecular formula is C12H17FN2O. The molecule has 0 radical (unpaired) electrons. The van der Waals surface area contributed by atoms with E-state index in [1.165, 1.54) is 18.2 Å². The molecule has 1 aromatic carbocycles. The van der Waals surface area contributed by atoms with Gasteiger partial charge in [0.05, 0.1) is 11.3 Å². The van der Waals surface area contributed by atoms with Crippen LogP contribution in [0.25, 0.3) is 0 Å². The highest BCUT2D eigenvalue weighted by Gasteiger charge is 2.14. The third-order valence-electron chi connectivity index (χ3n) is 2.40. The quantitative estimate of drug-likeness (QED) is 0.771. The Labute approximate surface area is 94.8 Å². The maximum atomic E-state index is 13.1. The van der Waals surface area contributed by atoms with Crippen LogP contribution in [0.4, 0.5) is 10.1 Å². The Kier molecular flexibility index (Phi) is 4.28. The lowest BCUT2D eigenvalue weighted by molar-refractivity contribution is 0.0939. The van der Waals surface area contributed by atoms with Gasteiger partial charge >= 0.3 is 0 Å². The Bertz CT molecular complexity index is 379. The van der Waals surface area contributed by atoms with Crippen LogP contribution in [-0.4, -0.2) is 11.9 Å². The average Bonchev–Trinajstić information content (AvgIpc) is 2.22. The van der Waals surface area contributed by atoms with Crippen molar-refractivity contribution in [3.05, 3.63) is 29.6 Å². The predicted molar refractivity (Wildman–Crippen MR) is 62.6 cm³/mol. The summed E-state index contributed by atoms with van der Waals surface area (Å²) >= 11 is 0. The number of nitrogen functional groups attached to an aromatic ring is 1. The zero-order chi connectivity index (χ0) is 12.1. The Hall–Kier alpha value is -1.58. The van der Waals surface area contributed by atoms with Crippen LogP contribution in [0.5, 0.6) is 0 Å². The topological polar surface area (TPSA) is 55.1 Å². The third-order valence-corrected chi connectivity index (χ3v) is 2.40. The number of nitrogens with two attached hydrogens (primary N) is 1. The number of benzene rings is 1. The molecule has 0 aliphatic rings. The molecule has 0 aromatic heterocycles. The van der Waals surface area contributed by atoms with Crippen LogP contribution in [0, 0.1) is 5.82 Å². The van der Waals surface area contributed by atoms with Crippen molar-refractivity contribution >= 4 is 11.6 Å². The van der Waals surface area contributed by atoms with Gasteiger partial charge in [0, 0.05) is 6.04 Å². The summed E-state index contributed by atoms with van der Waals surface area (Å²) in [5, 5.41) is 2.78. The van der Waals surface area contributed by atoms with Crippen LogP contribution in [0.1, 0.15) is 37.0 Å². The van der Waals surface area contributed by atoms with Crippen molar-refractivity contribution < 1.29 is 9.18 Å². The largest absolute Gasteiger partial charge is 0.396 e. The second-order valence-corrected chi connectivity index (χ2v) is 3.86. The summed E-state index contributed by atoms with van der Waals surface area (Å²) in [6, 6.07) is 4.30. The number of rotatable bonds is 4. The standard InChI is InChI=1S/C12H17FN2O/c1-3-5-8(2)15-12(16)9-6-4-7-10(13)11(9)14/h4,6-8H,3,5,14H2,1-2H3,(H,15,16). The molecule has 0 fully saturated rings. The number of para-hydroxylation sites is 1. The van der Waals surface area contributed by atoms with Gasteiger partial charge in [0.2, 0.25) is 0 Å². The summed E-state index contributed by atoms with van der Waals surface area (Å²) in [6.45, 7) is 3.95. The van der Waals surface area contributed by atoms with Crippen molar-refractivity contribution in [1.82, 2.24) is 5.32 Å². The normalized spacial score (nSPS) is 12.2. The molecule has 0 bridgehead atoms. The number of carbonyl (C=O) groups excluding carboxylic acids is 1. The van der Waals surface area contributed by atoms with Crippen LogP contribution in [0.2, 0.25) is 0 Å². The van der Waals surface area contributed by atoms with E-state index >= 15 is 0 Å². The van der Waals surface area contributed by atoms with Gasteiger partial charge in [-0.25, -0.2) is 4.39 Å². The molecular weight excluding hydrogens is 207 g/mol. The SMILES string of the molecule is CCCC(C)NC(=O)c1cccc(F)c1N. The first-order valence-corrected chi connectivity index (χ1v) is 5.41. The molecule has 1 atom stereocenters. The Balaban J connectivity index is 2.77. The number of nitrogens with one attached hydrogen (secondary N) is 1. The van der Waals surface area contributed by atoms with E-state index in [1.54, 1.807) is 0 Å². The zero-order valence-corrected chi connectivity index (χ0v) is 9.59. The molecule has 1 unspecified atom stereocenters. The minimum Gasteiger partial charge on any atom is -0.396 e. The highest BCUT2D eigenvalue weighted by Crippen LogP contribution is 2.15. The predicted octanol–water partition coefficient (Wildman–Crippen LogP) is 2.33. The fourth-order valence-corrected chi connectivity index (χ4v) is 1.54. The van der Waals surface area contributed by atoms with Gasteiger partial charge in [-0.05, 0) is 25.5 Å². The van der Waals surface area contributed by atoms with Crippen molar-refractivity contribution in [2.45, 2.75) is 32.7 Å². The first-order valence-electron chi connectivity index (χ1n) is 5.41. The lowest BCUT2D eigenvalue weighted by Crippen LogP contribution is -2.32. The van der Waals surface area contributed by atoms with E-state index in [4.69, 9.17) is 5.73 Å². The van der Waals surface area contributed by atoms with Crippen LogP contribution in [0.3, 0.4) is 0 Å². The fraction of sp³-hybridized carbons (Fsp3) is 0.417. The maximum absolute atomic E-state index is 13.1. The third kappa shape index (κ3) is 2.95. The zero-order valence-electron chi connectivity index (χ0n) is 9.59. The maximum Gasteiger partial charge on any atom is 0.253 e. The lowest BCUT2D eigenvalue weighted by atomic mass is 10.1. The summed E-state index contributed by atoms with van der Waals surface area (Å²) < 4.78 is 13.1. The van der Waals surface area contributed by atoms with Gasteiger partial charge in [0.15, 0.2) is 0 Å². The van der Waals surface area contributed by atoms with Crippen molar-refractivity contribution in [2.24, 2.45) is 0 Å². The van der Waals surface area contributed by atoms with Gasteiger partial charge < -0.3 is 11.1 Å². The summed E-state index contributed by atoms with van der Waals surface area (Å²) in [5.41, 5.74) is 5.60. The van der Waals surface area contributed by atoms with Crippen molar-refractivity contribution in [3.63, 3.8) is 0 Å². The summed E-state index contributed by atoms with van der Waals surface area (Å²) in [6.07, 6.45) is 1.88. The minimum atomic E-state index is -0.559. The molecule has 0 saturated carbocycles. The molecule has 16 heavy (non-hydrogen) atoms. The summed E-state index contributed by atoms with van der Waals surface area (Å²) in [4.78, 5) is 11.7. The molecule has 0 saturated heterocycles. The molecule has 4 heteroatoms. The molecule has 1 rings (SSSR count). The van der Waals surface area contributed by atoms with Crippen LogP contribution in [-0.2, 0) is 0 Å².